The van der Waals surface area contributed by atoms with Gasteiger partial charge < -0.3 is 14.8 Å². The smallest absolute Gasteiger partial charge is 0.310 e. The first kappa shape index (κ1) is 18.7. The van der Waals surface area contributed by atoms with E-state index in [-0.39, 0.29) is 11.9 Å². The van der Waals surface area contributed by atoms with Crippen LogP contribution in [0, 0.1) is 5.92 Å². The Bertz CT molecular complexity index is 816. The van der Waals surface area contributed by atoms with Crippen molar-refractivity contribution >= 4 is 17.6 Å². The molecular weight excluding hydrogens is 342 g/mol. The maximum Gasteiger partial charge on any atom is 0.310 e. The van der Waals surface area contributed by atoms with Gasteiger partial charge in [0.1, 0.15) is 5.75 Å². The molecule has 5 heteroatoms. The van der Waals surface area contributed by atoms with Gasteiger partial charge in [-0.15, -0.1) is 0 Å². The Morgan fingerprint density at radius 3 is 2.59 bits per heavy atom. The molecule has 0 saturated heterocycles. The molecule has 0 spiro atoms. The minimum Gasteiger partial charge on any atom is -0.497 e. The van der Waals surface area contributed by atoms with E-state index in [1.165, 1.54) is 0 Å². The van der Waals surface area contributed by atoms with Crippen LogP contribution >= 0.6 is 0 Å². The zero-order valence-electron chi connectivity index (χ0n) is 15.3. The Balaban J connectivity index is 1.77. The molecule has 2 atom stereocenters. The van der Waals surface area contributed by atoms with E-state index < -0.39 is 12.0 Å². The van der Waals surface area contributed by atoms with Gasteiger partial charge >= 0.3 is 5.97 Å². The highest BCUT2D eigenvalue weighted by atomic mass is 16.5. The van der Waals surface area contributed by atoms with E-state index in [2.05, 4.69) is 11.4 Å². The van der Waals surface area contributed by atoms with Crippen LogP contribution in [0.25, 0.3) is 0 Å². The van der Waals surface area contributed by atoms with E-state index in [0.717, 1.165) is 12.8 Å². The minimum atomic E-state index is -1.00. The fraction of sp³-hybridized carbons (Fsp3) is 0.273. The van der Waals surface area contributed by atoms with Gasteiger partial charge in [-0.25, -0.2) is 0 Å². The maximum atomic E-state index is 12.9. The van der Waals surface area contributed by atoms with E-state index in [4.69, 9.17) is 9.47 Å². The summed E-state index contributed by atoms with van der Waals surface area (Å²) in [5.41, 5.74) is 1.22. The van der Waals surface area contributed by atoms with Crippen LogP contribution in [0.1, 0.15) is 30.9 Å². The average molecular weight is 365 g/mol. The van der Waals surface area contributed by atoms with Gasteiger partial charge in [-0.2, -0.15) is 0 Å². The summed E-state index contributed by atoms with van der Waals surface area (Å²) >= 11 is 0. The molecule has 2 aromatic carbocycles. The average Bonchev–Trinajstić information content (AvgIpc) is 2.73. The van der Waals surface area contributed by atoms with Gasteiger partial charge in [-0.1, -0.05) is 48.6 Å². The van der Waals surface area contributed by atoms with Crippen LogP contribution in [-0.2, 0) is 14.3 Å². The molecular formula is C22H23NO4. The first-order chi connectivity index (χ1) is 13.2. The number of hydrogen-bond donors (Lipinski definition) is 1. The second-order valence-electron chi connectivity index (χ2n) is 6.43. The molecule has 3 rings (SSSR count). The molecule has 0 heterocycles. The number of esters is 1. The number of carbonyl (C=O) groups is 2. The lowest BCUT2D eigenvalue weighted by Crippen LogP contribution is -2.29. The molecule has 1 aliphatic carbocycles. The van der Waals surface area contributed by atoms with Gasteiger partial charge in [0.05, 0.1) is 13.0 Å². The molecule has 0 bridgehead atoms. The predicted octanol–water partition coefficient (Wildman–Crippen LogP) is 4.27. The number of carbonyl (C=O) groups excluding carboxylic acids is 2. The monoisotopic (exact) mass is 365 g/mol. The summed E-state index contributed by atoms with van der Waals surface area (Å²) in [7, 11) is 1.56. The molecule has 0 saturated carbocycles. The second kappa shape index (κ2) is 9.03. The van der Waals surface area contributed by atoms with Crippen molar-refractivity contribution in [1.82, 2.24) is 0 Å². The summed E-state index contributed by atoms with van der Waals surface area (Å²) in [4.78, 5) is 25.5. The lowest BCUT2D eigenvalue weighted by molar-refractivity contribution is -0.159. The van der Waals surface area contributed by atoms with E-state index in [9.17, 15) is 9.59 Å². The number of nitrogens with one attached hydrogen (secondary N) is 1. The third-order valence-electron chi connectivity index (χ3n) is 4.51. The van der Waals surface area contributed by atoms with Crippen LogP contribution in [0.4, 0.5) is 5.69 Å². The highest BCUT2D eigenvalue weighted by Gasteiger charge is 2.29. The van der Waals surface area contributed by atoms with Gasteiger partial charge in [0.2, 0.25) is 6.10 Å². The van der Waals surface area contributed by atoms with Crippen molar-refractivity contribution in [3.8, 4) is 5.75 Å². The highest BCUT2D eigenvalue weighted by Crippen LogP contribution is 2.26. The van der Waals surface area contributed by atoms with Crippen molar-refractivity contribution in [1.29, 1.82) is 0 Å². The molecule has 0 fully saturated rings. The van der Waals surface area contributed by atoms with Crippen molar-refractivity contribution in [3.05, 3.63) is 72.3 Å². The topological polar surface area (TPSA) is 64.6 Å². The largest absolute Gasteiger partial charge is 0.497 e. The molecule has 2 aromatic rings. The maximum absolute atomic E-state index is 12.9. The van der Waals surface area contributed by atoms with Crippen LogP contribution in [0.2, 0.25) is 0 Å². The molecule has 27 heavy (non-hydrogen) atoms. The van der Waals surface area contributed by atoms with Crippen molar-refractivity contribution in [2.75, 3.05) is 12.4 Å². The number of amides is 1. The van der Waals surface area contributed by atoms with Crippen LogP contribution < -0.4 is 10.1 Å². The number of benzene rings is 2. The van der Waals surface area contributed by atoms with Crippen molar-refractivity contribution in [3.63, 3.8) is 0 Å². The molecule has 0 unspecified atom stereocenters. The molecule has 1 aliphatic rings. The zero-order chi connectivity index (χ0) is 19.1. The van der Waals surface area contributed by atoms with Crippen LogP contribution in [0.15, 0.2) is 66.7 Å². The lowest BCUT2D eigenvalue weighted by atomic mass is 9.94. The quantitative estimate of drug-likeness (QED) is 0.613. The van der Waals surface area contributed by atoms with Gasteiger partial charge in [0.15, 0.2) is 0 Å². The number of methoxy groups -OCH3 is 1. The Morgan fingerprint density at radius 2 is 1.89 bits per heavy atom. The molecule has 1 N–H and O–H groups in total. The van der Waals surface area contributed by atoms with Crippen molar-refractivity contribution < 1.29 is 19.1 Å². The Kier molecular flexibility index (Phi) is 6.26. The van der Waals surface area contributed by atoms with Crippen molar-refractivity contribution in [2.45, 2.75) is 25.4 Å². The summed E-state index contributed by atoms with van der Waals surface area (Å²) in [5, 5.41) is 2.81. The van der Waals surface area contributed by atoms with Gasteiger partial charge in [0, 0.05) is 17.3 Å². The van der Waals surface area contributed by atoms with Crippen LogP contribution in [0.3, 0.4) is 0 Å². The van der Waals surface area contributed by atoms with E-state index in [1.54, 1.807) is 43.5 Å². The Hall–Kier alpha value is -3.08. The normalized spacial score (nSPS) is 17.0. The van der Waals surface area contributed by atoms with Gasteiger partial charge in [-0.3, -0.25) is 9.59 Å². The van der Waals surface area contributed by atoms with Crippen LogP contribution in [0.5, 0.6) is 5.75 Å². The SMILES string of the molecule is COc1cccc(NC(=O)[C@H](OC(=O)[C@H]2CC=CCC2)c2ccccc2)c1. The standard InChI is InChI=1S/C22H23NO4/c1-26-19-14-8-13-18(15-19)23-21(24)20(16-9-4-2-5-10-16)27-22(25)17-11-6-3-7-12-17/h2-6,8-10,13-15,17,20H,7,11-12H2,1H3,(H,23,24)/t17-,20+/m0/s1. The highest BCUT2D eigenvalue weighted by molar-refractivity contribution is 5.96. The predicted molar refractivity (Wildman–Crippen MR) is 103 cm³/mol. The zero-order valence-corrected chi connectivity index (χ0v) is 15.3. The number of hydrogen-bond acceptors (Lipinski definition) is 4. The molecule has 0 aromatic heterocycles. The molecule has 1 amide bonds. The third kappa shape index (κ3) is 4.97. The lowest BCUT2D eigenvalue weighted by Gasteiger charge is -2.22. The van der Waals surface area contributed by atoms with E-state index in [0.29, 0.717) is 23.4 Å². The molecule has 0 radical (unpaired) electrons. The first-order valence-corrected chi connectivity index (χ1v) is 9.02. The summed E-state index contributed by atoms with van der Waals surface area (Å²) in [5.74, 6) is -0.302. The van der Waals surface area contributed by atoms with Gasteiger partial charge in [-0.05, 0) is 31.4 Å². The first-order valence-electron chi connectivity index (χ1n) is 9.02. The Morgan fingerprint density at radius 1 is 1.07 bits per heavy atom. The molecule has 5 nitrogen and oxygen atoms in total. The summed E-state index contributed by atoms with van der Waals surface area (Å²) < 4.78 is 10.8. The number of ether oxygens (including phenoxy) is 2. The molecule has 0 aliphatic heterocycles. The summed E-state index contributed by atoms with van der Waals surface area (Å²) in [6.07, 6.45) is 5.30. The fourth-order valence-electron chi connectivity index (χ4n) is 3.03. The number of allylic oxidation sites excluding steroid dienone is 2. The fourth-order valence-corrected chi connectivity index (χ4v) is 3.03. The Labute approximate surface area is 159 Å². The summed E-state index contributed by atoms with van der Waals surface area (Å²) in [6.45, 7) is 0. The minimum absolute atomic E-state index is 0.203. The molecule has 140 valence electrons. The van der Waals surface area contributed by atoms with E-state index >= 15 is 0 Å². The second-order valence-corrected chi connectivity index (χ2v) is 6.43. The summed E-state index contributed by atoms with van der Waals surface area (Å²) in [6, 6.07) is 16.1. The van der Waals surface area contributed by atoms with E-state index in [1.807, 2.05) is 24.3 Å². The number of rotatable bonds is 6. The third-order valence-corrected chi connectivity index (χ3v) is 4.51. The van der Waals surface area contributed by atoms with Crippen LogP contribution in [-0.4, -0.2) is 19.0 Å². The van der Waals surface area contributed by atoms with Gasteiger partial charge in [0.25, 0.3) is 5.91 Å². The number of anilines is 1. The van der Waals surface area contributed by atoms with Crippen molar-refractivity contribution in [2.24, 2.45) is 5.92 Å².